The van der Waals surface area contributed by atoms with Crippen LogP contribution in [0.4, 0.5) is 0 Å². The molecule has 0 aliphatic heterocycles. The van der Waals surface area contributed by atoms with Gasteiger partial charge in [-0.25, -0.2) is 0 Å². The Balaban J connectivity index is 1.70. The molecule has 0 radical (unpaired) electrons. The van der Waals surface area contributed by atoms with Crippen LogP contribution >= 0.6 is 0 Å². The van der Waals surface area contributed by atoms with E-state index in [2.05, 4.69) is 32.2 Å². The maximum Gasteiger partial charge on any atom is 0.00673 e. The van der Waals surface area contributed by atoms with E-state index in [-0.39, 0.29) is 0 Å². The van der Waals surface area contributed by atoms with Gasteiger partial charge in [-0.1, -0.05) is 25.5 Å². The second kappa shape index (κ2) is 6.04. The highest BCUT2D eigenvalue weighted by molar-refractivity contribution is 5.06. The molecule has 0 amide bonds. The molecule has 0 aromatic heterocycles. The molecule has 17 heavy (non-hydrogen) atoms. The quantitative estimate of drug-likeness (QED) is 0.725. The minimum Gasteiger partial charge on any atom is -0.314 e. The highest BCUT2D eigenvalue weighted by Gasteiger charge is 2.21. The molecule has 2 aliphatic carbocycles. The number of hydrogen-bond donors (Lipinski definition) is 1. The molecule has 0 aromatic rings. The second-order valence-corrected chi connectivity index (χ2v) is 6.66. The Kier molecular flexibility index (Phi) is 4.67. The molecule has 1 saturated carbocycles. The van der Waals surface area contributed by atoms with Crippen LogP contribution in [0.2, 0.25) is 0 Å². The van der Waals surface area contributed by atoms with E-state index in [0.29, 0.717) is 0 Å². The van der Waals surface area contributed by atoms with E-state index >= 15 is 0 Å². The summed E-state index contributed by atoms with van der Waals surface area (Å²) in [5, 5.41) is 3.83. The van der Waals surface area contributed by atoms with E-state index in [1.165, 1.54) is 45.1 Å². The molecule has 0 bridgehead atoms. The van der Waals surface area contributed by atoms with E-state index in [0.717, 1.165) is 23.8 Å². The van der Waals surface area contributed by atoms with Gasteiger partial charge >= 0.3 is 0 Å². The normalized spacial score (nSPS) is 38.9. The van der Waals surface area contributed by atoms with Crippen molar-refractivity contribution >= 4 is 0 Å². The van der Waals surface area contributed by atoms with E-state index in [1.54, 1.807) is 5.57 Å². The fourth-order valence-corrected chi connectivity index (χ4v) is 3.64. The van der Waals surface area contributed by atoms with Crippen molar-refractivity contribution in [3.05, 3.63) is 11.6 Å². The Morgan fingerprint density at radius 2 is 1.88 bits per heavy atom. The molecule has 1 nitrogen and oxygen atoms in total. The largest absolute Gasteiger partial charge is 0.314 e. The molecule has 0 spiro atoms. The summed E-state index contributed by atoms with van der Waals surface area (Å²) in [6.07, 6.45) is 10.8. The Morgan fingerprint density at radius 1 is 1.18 bits per heavy atom. The summed E-state index contributed by atoms with van der Waals surface area (Å²) in [6.45, 7) is 8.30. The highest BCUT2D eigenvalue weighted by atomic mass is 14.9. The van der Waals surface area contributed by atoms with Crippen molar-refractivity contribution in [2.75, 3.05) is 6.54 Å². The summed E-state index contributed by atoms with van der Waals surface area (Å²) >= 11 is 0. The third-order valence-corrected chi connectivity index (χ3v) is 4.60. The zero-order valence-corrected chi connectivity index (χ0v) is 11.8. The fourth-order valence-electron chi connectivity index (χ4n) is 3.64. The molecule has 0 heterocycles. The lowest BCUT2D eigenvalue weighted by Crippen LogP contribution is -2.37. The zero-order chi connectivity index (χ0) is 12.3. The first-order valence-electron chi connectivity index (χ1n) is 7.54. The van der Waals surface area contributed by atoms with E-state index in [9.17, 15) is 0 Å². The van der Waals surface area contributed by atoms with Crippen molar-refractivity contribution in [1.82, 2.24) is 5.32 Å². The summed E-state index contributed by atoms with van der Waals surface area (Å²) < 4.78 is 0. The van der Waals surface area contributed by atoms with Gasteiger partial charge in [0, 0.05) is 6.04 Å². The minimum atomic E-state index is 0.793. The van der Waals surface area contributed by atoms with Gasteiger partial charge in [-0.05, 0) is 69.7 Å². The lowest BCUT2D eigenvalue weighted by molar-refractivity contribution is 0.283. The van der Waals surface area contributed by atoms with Crippen molar-refractivity contribution in [1.29, 1.82) is 0 Å². The molecule has 1 N–H and O–H groups in total. The summed E-state index contributed by atoms with van der Waals surface area (Å²) in [6, 6.07) is 0.813. The number of nitrogens with one attached hydrogen (secondary N) is 1. The molecular weight excluding hydrogens is 206 g/mol. The molecule has 1 fully saturated rings. The predicted molar refractivity (Wildman–Crippen MR) is 75.1 cm³/mol. The average molecular weight is 235 g/mol. The first-order chi connectivity index (χ1) is 8.13. The van der Waals surface area contributed by atoms with E-state index < -0.39 is 0 Å². The van der Waals surface area contributed by atoms with Gasteiger partial charge in [0.25, 0.3) is 0 Å². The van der Waals surface area contributed by atoms with Crippen LogP contribution in [0.1, 0.15) is 59.3 Å². The standard InChI is InChI=1S/C16H29N/c1-12-4-6-16(7-5-12)17-11-15-9-13(2)8-14(3)10-15/h8,12-13,15-17H,4-7,9-11H2,1-3H3. The molecule has 1 heteroatoms. The average Bonchev–Trinajstić information content (AvgIpc) is 2.27. The lowest BCUT2D eigenvalue weighted by atomic mass is 9.83. The van der Waals surface area contributed by atoms with Crippen LogP contribution < -0.4 is 5.32 Å². The van der Waals surface area contributed by atoms with Crippen LogP contribution in [0.3, 0.4) is 0 Å². The Morgan fingerprint density at radius 3 is 2.53 bits per heavy atom. The number of rotatable bonds is 3. The van der Waals surface area contributed by atoms with E-state index in [1.807, 2.05) is 0 Å². The van der Waals surface area contributed by atoms with Crippen molar-refractivity contribution in [3.63, 3.8) is 0 Å². The van der Waals surface area contributed by atoms with Gasteiger partial charge in [-0.3, -0.25) is 0 Å². The smallest absolute Gasteiger partial charge is 0.00673 e. The summed E-state index contributed by atoms with van der Waals surface area (Å²) in [5.74, 6) is 2.64. The zero-order valence-electron chi connectivity index (χ0n) is 11.8. The van der Waals surface area contributed by atoms with Crippen LogP contribution in [0.5, 0.6) is 0 Å². The SMILES string of the molecule is CC1=CC(C)CC(CNC2CCC(C)CC2)C1. The maximum absolute atomic E-state index is 3.83. The van der Waals surface area contributed by atoms with Crippen molar-refractivity contribution in [2.45, 2.75) is 65.3 Å². The Bertz CT molecular complexity index is 261. The van der Waals surface area contributed by atoms with Gasteiger partial charge in [0.05, 0.1) is 0 Å². The third kappa shape index (κ3) is 4.13. The summed E-state index contributed by atoms with van der Waals surface area (Å²) in [5.41, 5.74) is 1.60. The summed E-state index contributed by atoms with van der Waals surface area (Å²) in [4.78, 5) is 0. The topological polar surface area (TPSA) is 12.0 Å². The summed E-state index contributed by atoms with van der Waals surface area (Å²) in [7, 11) is 0. The molecule has 0 saturated heterocycles. The molecule has 2 aliphatic rings. The van der Waals surface area contributed by atoms with Gasteiger partial charge in [0.15, 0.2) is 0 Å². The van der Waals surface area contributed by atoms with Crippen LogP contribution in [0.25, 0.3) is 0 Å². The van der Waals surface area contributed by atoms with Crippen LogP contribution in [0.15, 0.2) is 11.6 Å². The van der Waals surface area contributed by atoms with Crippen molar-refractivity contribution < 1.29 is 0 Å². The number of allylic oxidation sites excluding steroid dienone is 2. The van der Waals surface area contributed by atoms with Crippen LogP contribution in [-0.4, -0.2) is 12.6 Å². The van der Waals surface area contributed by atoms with Gasteiger partial charge in [-0.2, -0.15) is 0 Å². The Hall–Kier alpha value is -0.300. The number of hydrogen-bond acceptors (Lipinski definition) is 1. The van der Waals surface area contributed by atoms with Gasteiger partial charge in [-0.15, -0.1) is 0 Å². The molecule has 2 unspecified atom stereocenters. The fraction of sp³-hybridized carbons (Fsp3) is 0.875. The lowest BCUT2D eigenvalue weighted by Gasteiger charge is -2.31. The van der Waals surface area contributed by atoms with Gasteiger partial charge < -0.3 is 5.32 Å². The van der Waals surface area contributed by atoms with E-state index in [4.69, 9.17) is 0 Å². The van der Waals surface area contributed by atoms with Gasteiger partial charge in [0.2, 0.25) is 0 Å². The van der Waals surface area contributed by atoms with Crippen LogP contribution in [0, 0.1) is 17.8 Å². The first kappa shape index (κ1) is 13.1. The Labute approximate surface area is 107 Å². The molecule has 98 valence electrons. The highest BCUT2D eigenvalue weighted by Crippen LogP contribution is 2.28. The van der Waals surface area contributed by atoms with Crippen molar-refractivity contribution in [3.8, 4) is 0 Å². The molecule has 2 rings (SSSR count). The monoisotopic (exact) mass is 235 g/mol. The van der Waals surface area contributed by atoms with Gasteiger partial charge in [0.1, 0.15) is 0 Å². The van der Waals surface area contributed by atoms with Crippen LogP contribution in [-0.2, 0) is 0 Å². The predicted octanol–water partition coefficient (Wildman–Crippen LogP) is 4.15. The van der Waals surface area contributed by atoms with Crippen molar-refractivity contribution in [2.24, 2.45) is 17.8 Å². The second-order valence-electron chi connectivity index (χ2n) is 6.66. The first-order valence-corrected chi connectivity index (χ1v) is 7.54. The third-order valence-electron chi connectivity index (χ3n) is 4.60. The maximum atomic E-state index is 3.83. The molecular formula is C16H29N. The minimum absolute atomic E-state index is 0.793. The molecule has 2 atom stereocenters. The molecule has 0 aromatic carbocycles.